The minimum Gasteiger partial charge on any atom is -0.481 e. The maximum atomic E-state index is 10.8. The molecular weight excluding hydrogens is 264 g/mol. The first-order valence-electron chi connectivity index (χ1n) is 8.02. The summed E-state index contributed by atoms with van der Waals surface area (Å²) in [5.74, 6) is -0.735. The summed E-state index contributed by atoms with van der Waals surface area (Å²) in [4.78, 5) is 15.4. The lowest BCUT2D eigenvalue weighted by molar-refractivity contribution is -0.136. The SMILES string of the molecule is CCCN(CCC(=O)O)c1ccc(N2CCCCC2)cc1. The van der Waals surface area contributed by atoms with Crippen LogP contribution >= 0.6 is 0 Å². The summed E-state index contributed by atoms with van der Waals surface area (Å²) < 4.78 is 0. The van der Waals surface area contributed by atoms with Crippen LogP contribution in [0.4, 0.5) is 11.4 Å². The second-order valence-electron chi connectivity index (χ2n) is 5.69. The summed E-state index contributed by atoms with van der Waals surface area (Å²) >= 11 is 0. The van der Waals surface area contributed by atoms with Crippen LogP contribution in [0.25, 0.3) is 0 Å². The zero-order valence-electron chi connectivity index (χ0n) is 12.9. The standard InChI is InChI=1S/C17H26N2O2/c1-2-11-18(14-10-17(20)21)15-6-8-16(9-7-15)19-12-4-3-5-13-19/h6-9H,2-5,10-14H2,1H3,(H,20,21). The molecule has 0 bridgehead atoms. The summed E-state index contributed by atoms with van der Waals surface area (Å²) in [7, 11) is 0. The predicted octanol–water partition coefficient (Wildman–Crippen LogP) is 3.37. The molecule has 0 aliphatic carbocycles. The Morgan fingerprint density at radius 1 is 1.14 bits per heavy atom. The Labute approximate surface area is 127 Å². The van der Waals surface area contributed by atoms with Gasteiger partial charge in [-0.3, -0.25) is 4.79 Å². The molecule has 0 aromatic heterocycles. The van der Waals surface area contributed by atoms with E-state index in [1.807, 2.05) is 0 Å². The van der Waals surface area contributed by atoms with Crippen molar-refractivity contribution >= 4 is 17.3 Å². The van der Waals surface area contributed by atoms with E-state index >= 15 is 0 Å². The van der Waals surface area contributed by atoms with Crippen LogP contribution in [-0.4, -0.2) is 37.3 Å². The number of hydrogen-bond acceptors (Lipinski definition) is 3. The van der Waals surface area contributed by atoms with Crippen LogP contribution in [0.15, 0.2) is 24.3 Å². The monoisotopic (exact) mass is 290 g/mol. The van der Waals surface area contributed by atoms with Gasteiger partial charge < -0.3 is 14.9 Å². The maximum absolute atomic E-state index is 10.8. The molecular formula is C17H26N2O2. The van der Waals surface area contributed by atoms with Gasteiger partial charge in [0.25, 0.3) is 0 Å². The molecule has 0 unspecified atom stereocenters. The van der Waals surface area contributed by atoms with Crippen LogP contribution in [0, 0.1) is 0 Å². The highest BCUT2D eigenvalue weighted by Gasteiger charge is 2.12. The second-order valence-corrected chi connectivity index (χ2v) is 5.69. The van der Waals surface area contributed by atoms with Gasteiger partial charge in [-0.05, 0) is 49.9 Å². The molecule has 0 radical (unpaired) electrons. The highest BCUT2D eigenvalue weighted by molar-refractivity contribution is 5.68. The Morgan fingerprint density at radius 3 is 2.38 bits per heavy atom. The number of rotatable bonds is 7. The molecule has 4 nitrogen and oxygen atoms in total. The summed E-state index contributed by atoms with van der Waals surface area (Å²) in [5.41, 5.74) is 2.41. The van der Waals surface area contributed by atoms with E-state index in [9.17, 15) is 4.79 Å². The lowest BCUT2D eigenvalue weighted by Crippen LogP contribution is -2.29. The van der Waals surface area contributed by atoms with Crippen molar-refractivity contribution in [3.8, 4) is 0 Å². The van der Waals surface area contributed by atoms with Gasteiger partial charge in [0.1, 0.15) is 0 Å². The van der Waals surface area contributed by atoms with Crippen LogP contribution in [0.2, 0.25) is 0 Å². The van der Waals surface area contributed by atoms with Crippen LogP contribution in [-0.2, 0) is 4.79 Å². The van der Waals surface area contributed by atoms with Crippen LogP contribution < -0.4 is 9.80 Å². The van der Waals surface area contributed by atoms with E-state index < -0.39 is 5.97 Å². The zero-order valence-corrected chi connectivity index (χ0v) is 12.9. The van der Waals surface area contributed by atoms with Gasteiger partial charge in [0.15, 0.2) is 0 Å². The fraction of sp³-hybridized carbons (Fsp3) is 0.588. The fourth-order valence-corrected chi connectivity index (χ4v) is 2.90. The van der Waals surface area contributed by atoms with Crippen molar-refractivity contribution in [3.63, 3.8) is 0 Å². The minimum atomic E-state index is -0.735. The van der Waals surface area contributed by atoms with Gasteiger partial charge in [-0.25, -0.2) is 0 Å². The summed E-state index contributed by atoms with van der Waals surface area (Å²) in [6, 6.07) is 8.59. The summed E-state index contributed by atoms with van der Waals surface area (Å²) in [6.07, 6.45) is 5.11. The van der Waals surface area contributed by atoms with Gasteiger partial charge in [0.05, 0.1) is 6.42 Å². The first kappa shape index (κ1) is 15.7. The number of anilines is 2. The van der Waals surface area contributed by atoms with E-state index in [0.717, 1.165) is 31.7 Å². The molecule has 0 atom stereocenters. The van der Waals surface area contributed by atoms with E-state index in [2.05, 4.69) is 41.0 Å². The van der Waals surface area contributed by atoms with Crippen LogP contribution in [0.5, 0.6) is 0 Å². The first-order valence-corrected chi connectivity index (χ1v) is 8.02. The number of nitrogens with zero attached hydrogens (tertiary/aromatic N) is 2. The molecule has 1 aromatic rings. The van der Waals surface area contributed by atoms with Gasteiger partial charge >= 0.3 is 5.97 Å². The normalized spacial score (nSPS) is 15.0. The summed E-state index contributed by atoms with van der Waals surface area (Å²) in [5, 5.41) is 8.86. The summed E-state index contributed by atoms with van der Waals surface area (Å²) in [6.45, 7) is 5.90. The molecule has 1 aromatic carbocycles. The van der Waals surface area contributed by atoms with Crippen molar-refractivity contribution in [1.29, 1.82) is 0 Å². The van der Waals surface area contributed by atoms with E-state index in [0.29, 0.717) is 6.54 Å². The van der Waals surface area contributed by atoms with Gasteiger partial charge in [-0.15, -0.1) is 0 Å². The third-order valence-corrected chi connectivity index (χ3v) is 4.03. The van der Waals surface area contributed by atoms with Crippen LogP contribution in [0.1, 0.15) is 39.0 Å². The number of aliphatic carboxylic acids is 1. The number of carboxylic acids is 1. The zero-order chi connectivity index (χ0) is 15.1. The van der Waals surface area contributed by atoms with Crippen molar-refractivity contribution in [2.24, 2.45) is 0 Å². The van der Waals surface area contributed by atoms with Crippen molar-refractivity contribution in [3.05, 3.63) is 24.3 Å². The molecule has 1 aliphatic rings. The van der Waals surface area contributed by atoms with E-state index in [1.54, 1.807) is 0 Å². The highest BCUT2D eigenvalue weighted by Crippen LogP contribution is 2.24. The molecule has 0 spiro atoms. The number of hydrogen-bond donors (Lipinski definition) is 1. The highest BCUT2D eigenvalue weighted by atomic mass is 16.4. The quantitative estimate of drug-likeness (QED) is 0.836. The lowest BCUT2D eigenvalue weighted by Gasteiger charge is -2.30. The van der Waals surface area contributed by atoms with E-state index in [1.165, 1.54) is 24.9 Å². The average molecular weight is 290 g/mol. The van der Waals surface area contributed by atoms with Gasteiger partial charge in [-0.2, -0.15) is 0 Å². The minimum absolute atomic E-state index is 0.188. The first-order chi connectivity index (χ1) is 10.2. The molecule has 21 heavy (non-hydrogen) atoms. The maximum Gasteiger partial charge on any atom is 0.305 e. The molecule has 1 aliphatic heterocycles. The van der Waals surface area contributed by atoms with Gasteiger partial charge in [0.2, 0.25) is 0 Å². The second kappa shape index (κ2) is 7.91. The molecule has 0 saturated carbocycles. The molecule has 116 valence electrons. The third-order valence-electron chi connectivity index (χ3n) is 4.03. The van der Waals surface area contributed by atoms with Gasteiger partial charge in [0, 0.05) is 37.6 Å². The number of piperidine rings is 1. The Bertz CT molecular complexity index is 439. The smallest absolute Gasteiger partial charge is 0.305 e. The van der Waals surface area contributed by atoms with E-state index in [-0.39, 0.29) is 6.42 Å². The van der Waals surface area contributed by atoms with Crippen molar-refractivity contribution in [1.82, 2.24) is 0 Å². The van der Waals surface area contributed by atoms with Crippen molar-refractivity contribution < 1.29 is 9.90 Å². The molecule has 1 saturated heterocycles. The largest absolute Gasteiger partial charge is 0.481 e. The molecule has 1 heterocycles. The number of carbonyl (C=O) groups is 1. The Morgan fingerprint density at radius 2 is 1.81 bits per heavy atom. The van der Waals surface area contributed by atoms with Crippen molar-refractivity contribution in [2.75, 3.05) is 36.0 Å². The third kappa shape index (κ3) is 4.66. The molecule has 4 heteroatoms. The molecule has 0 amide bonds. The van der Waals surface area contributed by atoms with Crippen LogP contribution in [0.3, 0.4) is 0 Å². The number of benzene rings is 1. The average Bonchev–Trinajstić information content (AvgIpc) is 2.52. The fourth-order valence-electron chi connectivity index (χ4n) is 2.90. The lowest BCUT2D eigenvalue weighted by atomic mass is 10.1. The Balaban J connectivity index is 2.01. The van der Waals surface area contributed by atoms with Crippen molar-refractivity contribution in [2.45, 2.75) is 39.0 Å². The molecule has 1 N–H and O–H groups in total. The van der Waals surface area contributed by atoms with E-state index in [4.69, 9.17) is 5.11 Å². The Kier molecular flexibility index (Phi) is 5.90. The topological polar surface area (TPSA) is 43.8 Å². The molecule has 1 fully saturated rings. The predicted molar refractivity (Wildman–Crippen MR) is 87.3 cm³/mol. The molecule has 2 rings (SSSR count). The number of carboxylic acid groups (broad SMARTS) is 1. The Hall–Kier alpha value is -1.71. The van der Waals surface area contributed by atoms with Gasteiger partial charge in [-0.1, -0.05) is 6.92 Å².